The summed E-state index contributed by atoms with van der Waals surface area (Å²) in [6.45, 7) is 4.40. The van der Waals surface area contributed by atoms with Gasteiger partial charge in [-0.25, -0.2) is 0 Å². The van der Waals surface area contributed by atoms with Gasteiger partial charge in [0, 0.05) is 27.6 Å². The Labute approximate surface area is 121 Å². The van der Waals surface area contributed by atoms with Crippen molar-refractivity contribution in [1.29, 1.82) is 0 Å². The van der Waals surface area contributed by atoms with Gasteiger partial charge in [-0.15, -0.1) is 11.3 Å². The monoisotopic (exact) mass is 324 g/mol. The smallest absolute Gasteiger partial charge is 0.0794 e. The molecule has 1 aromatic carbocycles. The molecule has 2 unspecified atom stereocenters. The summed E-state index contributed by atoms with van der Waals surface area (Å²) in [6.07, 6.45) is 3.02. The highest BCUT2D eigenvalue weighted by Gasteiger charge is 2.14. The lowest BCUT2D eigenvalue weighted by Gasteiger charge is -2.22. The van der Waals surface area contributed by atoms with Crippen LogP contribution in [0.25, 0.3) is 0 Å². The number of nitrogens with zero attached hydrogens (tertiary/aromatic N) is 1. The van der Waals surface area contributed by atoms with Crippen LogP contribution in [0.3, 0.4) is 0 Å². The molecule has 0 spiro atoms. The number of thiazole rings is 1. The van der Waals surface area contributed by atoms with Gasteiger partial charge in [0.15, 0.2) is 0 Å². The van der Waals surface area contributed by atoms with E-state index in [1.54, 1.807) is 11.3 Å². The normalized spacial score (nSPS) is 14.4. The maximum atomic E-state index is 4.13. The summed E-state index contributed by atoms with van der Waals surface area (Å²) in [4.78, 5) is 5.42. The molecule has 1 aromatic heterocycles. The number of halogens is 1. The molecule has 1 N–H and O–H groups in total. The predicted octanol–water partition coefficient (Wildman–Crippen LogP) is 4.71. The van der Waals surface area contributed by atoms with Gasteiger partial charge >= 0.3 is 0 Å². The summed E-state index contributed by atoms with van der Waals surface area (Å²) < 4.78 is 1.12. The van der Waals surface area contributed by atoms with Crippen molar-refractivity contribution in [3.63, 3.8) is 0 Å². The molecule has 2 rings (SSSR count). The Kier molecular flexibility index (Phi) is 4.92. The van der Waals surface area contributed by atoms with E-state index in [9.17, 15) is 0 Å². The largest absolute Gasteiger partial charge is 0.303 e. The molecule has 0 amide bonds. The topological polar surface area (TPSA) is 24.9 Å². The van der Waals surface area contributed by atoms with Crippen molar-refractivity contribution >= 4 is 27.3 Å². The second-order valence-corrected chi connectivity index (χ2v) is 6.14. The van der Waals surface area contributed by atoms with Gasteiger partial charge < -0.3 is 5.32 Å². The first kappa shape index (κ1) is 13.7. The van der Waals surface area contributed by atoms with Gasteiger partial charge in [-0.05, 0) is 31.0 Å². The fourth-order valence-corrected chi connectivity index (χ4v) is 2.87. The number of rotatable bonds is 5. The van der Waals surface area contributed by atoms with Crippen LogP contribution in [-0.4, -0.2) is 4.98 Å². The van der Waals surface area contributed by atoms with Gasteiger partial charge in [0.2, 0.25) is 0 Å². The highest BCUT2D eigenvalue weighted by Crippen LogP contribution is 2.24. The third-order valence-electron chi connectivity index (χ3n) is 3.01. The fraction of sp³-hybridized carbons (Fsp3) is 0.357. The van der Waals surface area contributed by atoms with Crippen molar-refractivity contribution in [2.75, 3.05) is 0 Å². The highest BCUT2D eigenvalue weighted by molar-refractivity contribution is 9.10. The van der Waals surface area contributed by atoms with Crippen LogP contribution < -0.4 is 5.32 Å². The lowest BCUT2D eigenvalue weighted by atomic mass is 10.0. The minimum atomic E-state index is 0.339. The molecule has 2 nitrogen and oxygen atoms in total. The Hall–Kier alpha value is -0.710. The van der Waals surface area contributed by atoms with Gasteiger partial charge in [-0.1, -0.05) is 35.0 Å². The van der Waals surface area contributed by atoms with Crippen molar-refractivity contribution in [3.05, 3.63) is 50.9 Å². The van der Waals surface area contributed by atoms with Gasteiger partial charge in [0.1, 0.15) is 0 Å². The summed E-state index contributed by atoms with van der Waals surface area (Å²) >= 11 is 5.17. The van der Waals surface area contributed by atoms with E-state index in [1.165, 1.54) is 10.4 Å². The average Bonchev–Trinajstić information content (AvgIpc) is 2.91. The van der Waals surface area contributed by atoms with E-state index in [-0.39, 0.29) is 0 Å². The zero-order valence-electron chi connectivity index (χ0n) is 10.6. The summed E-state index contributed by atoms with van der Waals surface area (Å²) in [6, 6.07) is 9.25. The lowest BCUT2D eigenvalue weighted by Crippen LogP contribution is -2.23. The second-order valence-electron chi connectivity index (χ2n) is 4.30. The van der Waals surface area contributed by atoms with Gasteiger partial charge in [-0.2, -0.15) is 0 Å². The molecule has 0 radical (unpaired) electrons. The summed E-state index contributed by atoms with van der Waals surface area (Å²) in [7, 11) is 0. The van der Waals surface area contributed by atoms with Crippen molar-refractivity contribution in [2.24, 2.45) is 0 Å². The Bertz CT molecular complexity index is 467. The average molecular weight is 325 g/mol. The third kappa shape index (κ3) is 3.40. The number of benzene rings is 1. The molecule has 0 fully saturated rings. The van der Waals surface area contributed by atoms with E-state index in [2.05, 4.69) is 64.3 Å². The highest BCUT2D eigenvalue weighted by atomic mass is 79.9. The zero-order valence-corrected chi connectivity index (χ0v) is 13.0. The number of hydrogen-bond acceptors (Lipinski definition) is 3. The number of hydrogen-bond donors (Lipinski definition) is 1. The van der Waals surface area contributed by atoms with E-state index in [0.717, 1.165) is 10.9 Å². The van der Waals surface area contributed by atoms with Gasteiger partial charge in [0.25, 0.3) is 0 Å². The third-order valence-corrected chi connectivity index (χ3v) is 4.50. The lowest BCUT2D eigenvalue weighted by molar-refractivity contribution is 0.460. The molecule has 4 heteroatoms. The van der Waals surface area contributed by atoms with Crippen molar-refractivity contribution in [2.45, 2.75) is 32.4 Å². The minimum Gasteiger partial charge on any atom is -0.303 e. The molecule has 2 aromatic rings. The molecule has 0 aliphatic rings. The predicted molar refractivity (Wildman–Crippen MR) is 80.8 cm³/mol. The summed E-state index contributed by atoms with van der Waals surface area (Å²) in [5.74, 6) is 0. The van der Waals surface area contributed by atoms with Crippen LogP contribution in [0, 0.1) is 0 Å². The van der Waals surface area contributed by atoms with E-state index in [4.69, 9.17) is 0 Å². The zero-order chi connectivity index (χ0) is 13.0. The van der Waals surface area contributed by atoms with E-state index >= 15 is 0 Å². The Morgan fingerprint density at radius 2 is 2.06 bits per heavy atom. The molecular weight excluding hydrogens is 308 g/mol. The Morgan fingerprint density at radius 1 is 1.33 bits per heavy atom. The van der Waals surface area contributed by atoms with Crippen molar-refractivity contribution < 1.29 is 0 Å². The maximum Gasteiger partial charge on any atom is 0.0794 e. The number of nitrogens with one attached hydrogen (secondary N) is 1. The van der Waals surface area contributed by atoms with E-state index < -0.39 is 0 Å². The van der Waals surface area contributed by atoms with Gasteiger partial charge in [0.05, 0.1) is 5.51 Å². The van der Waals surface area contributed by atoms with Crippen molar-refractivity contribution in [3.8, 4) is 0 Å². The molecule has 0 saturated carbocycles. The first-order chi connectivity index (χ1) is 8.70. The SMILES string of the molecule is CCC(NC(C)c1cncs1)c1ccc(Br)cc1. The van der Waals surface area contributed by atoms with E-state index in [0.29, 0.717) is 12.1 Å². The Morgan fingerprint density at radius 3 is 2.61 bits per heavy atom. The molecule has 0 bridgehead atoms. The van der Waals surface area contributed by atoms with Crippen LogP contribution in [0.15, 0.2) is 40.4 Å². The molecule has 2 atom stereocenters. The summed E-state index contributed by atoms with van der Waals surface area (Å²) in [5, 5.41) is 3.66. The second kappa shape index (κ2) is 6.45. The first-order valence-electron chi connectivity index (χ1n) is 6.10. The van der Waals surface area contributed by atoms with Crippen LogP contribution in [0.5, 0.6) is 0 Å². The molecule has 0 aliphatic carbocycles. The van der Waals surface area contributed by atoms with E-state index in [1.807, 2.05) is 11.7 Å². The summed E-state index contributed by atoms with van der Waals surface area (Å²) in [5.41, 5.74) is 3.21. The number of aromatic nitrogens is 1. The quantitative estimate of drug-likeness (QED) is 0.861. The molecule has 96 valence electrons. The first-order valence-corrected chi connectivity index (χ1v) is 7.78. The van der Waals surface area contributed by atoms with Gasteiger partial charge in [-0.3, -0.25) is 4.98 Å². The minimum absolute atomic E-state index is 0.339. The molecular formula is C14H17BrN2S. The molecule has 0 aliphatic heterocycles. The molecule has 1 heterocycles. The van der Waals surface area contributed by atoms with Crippen molar-refractivity contribution in [1.82, 2.24) is 10.3 Å². The maximum absolute atomic E-state index is 4.13. The van der Waals surface area contributed by atoms with Crippen LogP contribution in [0.2, 0.25) is 0 Å². The fourth-order valence-electron chi connectivity index (χ4n) is 1.97. The van der Waals surface area contributed by atoms with Crippen LogP contribution in [0.1, 0.15) is 42.8 Å². The van der Waals surface area contributed by atoms with Crippen LogP contribution in [0.4, 0.5) is 0 Å². The Balaban J connectivity index is 2.07. The van der Waals surface area contributed by atoms with Crippen LogP contribution in [-0.2, 0) is 0 Å². The standard InChI is InChI=1S/C14H17BrN2S/c1-3-13(11-4-6-12(15)7-5-11)17-10(2)14-8-16-9-18-14/h4-10,13,17H,3H2,1-2H3. The van der Waals surface area contributed by atoms with Crippen LogP contribution >= 0.6 is 27.3 Å². The molecule has 18 heavy (non-hydrogen) atoms. The molecule has 0 saturated heterocycles.